The van der Waals surface area contributed by atoms with Gasteiger partial charge in [-0.1, -0.05) is 30.3 Å². The highest BCUT2D eigenvalue weighted by Gasteiger charge is 2.43. The molecule has 0 spiro atoms. The number of nitrogens with two attached hydrogens (primary N) is 1. The number of carboxylic acids is 1. The maximum atomic E-state index is 12.0. The number of amides is 1. The van der Waals surface area contributed by atoms with Gasteiger partial charge in [-0.05, 0) is 5.56 Å². The Kier molecular flexibility index (Phi) is 4.36. The molecule has 108 valence electrons. The quantitative estimate of drug-likeness (QED) is 0.725. The molecule has 1 aliphatic heterocycles. The van der Waals surface area contributed by atoms with Gasteiger partial charge >= 0.3 is 5.97 Å². The molecular weight excluding hydrogens is 260 g/mol. The summed E-state index contributed by atoms with van der Waals surface area (Å²) in [6.45, 7) is 0.325. The number of rotatable bonds is 5. The summed E-state index contributed by atoms with van der Waals surface area (Å²) in [5, 5.41) is 11.8. The van der Waals surface area contributed by atoms with E-state index in [0.29, 0.717) is 6.61 Å². The first-order chi connectivity index (χ1) is 9.53. The van der Waals surface area contributed by atoms with Crippen LogP contribution < -0.4 is 11.1 Å². The van der Waals surface area contributed by atoms with Crippen LogP contribution in [0.25, 0.3) is 0 Å². The zero-order valence-electron chi connectivity index (χ0n) is 11.0. The number of carboxylic acid groups (broad SMARTS) is 1. The number of aliphatic carboxylic acids is 1. The van der Waals surface area contributed by atoms with Crippen LogP contribution in [0, 0.1) is 0 Å². The highest BCUT2D eigenvalue weighted by molar-refractivity contribution is 5.87. The van der Waals surface area contributed by atoms with Crippen LogP contribution in [-0.2, 0) is 14.3 Å². The van der Waals surface area contributed by atoms with Crippen LogP contribution in [0.15, 0.2) is 30.3 Å². The molecule has 0 radical (unpaired) electrons. The topological polar surface area (TPSA) is 102 Å². The third-order valence-corrected chi connectivity index (χ3v) is 3.44. The Labute approximate surface area is 116 Å². The lowest BCUT2D eigenvalue weighted by Gasteiger charge is -2.24. The third-order valence-electron chi connectivity index (χ3n) is 3.44. The second-order valence-electron chi connectivity index (χ2n) is 4.96. The van der Waals surface area contributed by atoms with Crippen LogP contribution in [0.3, 0.4) is 0 Å². The fourth-order valence-corrected chi connectivity index (χ4v) is 2.22. The predicted molar refractivity (Wildman–Crippen MR) is 71.9 cm³/mol. The summed E-state index contributed by atoms with van der Waals surface area (Å²) in [5.41, 5.74) is 5.48. The Hall–Kier alpha value is -1.92. The van der Waals surface area contributed by atoms with Gasteiger partial charge in [0.15, 0.2) is 5.54 Å². The van der Waals surface area contributed by atoms with E-state index in [2.05, 4.69) is 5.32 Å². The standard InChI is InChI=1S/C14H18N2O4/c15-11(10-4-2-1-3-5-10)8-12(17)16-14(13(18)19)6-7-20-9-14/h1-5,11H,6-9,15H2,(H,16,17)(H,18,19). The van der Waals surface area contributed by atoms with Gasteiger partial charge in [-0.3, -0.25) is 4.79 Å². The van der Waals surface area contributed by atoms with Crippen molar-refractivity contribution in [1.29, 1.82) is 0 Å². The van der Waals surface area contributed by atoms with Gasteiger partial charge in [0, 0.05) is 25.5 Å². The minimum absolute atomic E-state index is 0.00531. The number of nitrogens with one attached hydrogen (secondary N) is 1. The number of hydrogen-bond donors (Lipinski definition) is 3. The molecule has 0 aliphatic carbocycles. The number of carbonyl (C=O) groups excluding carboxylic acids is 1. The van der Waals surface area contributed by atoms with Crippen molar-refractivity contribution in [2.24, 2.45) is 5.73 Å². The Morgan fingerprint density at radius 2 is 2.10 bits per heavy atom. The highest BCUT2D eigenvalue weighted by atomic mass is 16.5. The molecule has 6 nitrogen and oxygen atoms in total. The van der Waals surface area contributed by atoms with Crippen molar-refractivity contribution in [1.82, 2.24) is 5.32 Å². The summed E-state index contributed by atoms with van der Waals surface area (Å²) in [5.74, 6) is -1.45. The average Bonchev–Trinajstić information content (AvgIpc) is 2.89. The minimum atomic E-state index is -1.31. The number of benzene rings is 1. The molecule has 1 aliphatic rings. The van der Waals surface area contributed by atoms with Crippen molar-refractivity contribution in [3.63, 3.8) is 0 Å². The summed E-state index contributed by atoms with van der Waals surface area (Å²) in [6.07, 6.45) is 0.313. The molecule has 2 atom stereocenters. The summed E-state index contributed by atoms with van der Waals surface area (Å²) in [6, 6.07) is 8.77. The lowest BCUT2D eigenvalue weighted by Crippen LogP contribution is -2.55. The van der Waals surface area contributed by atoms with E-state index in [1.165, 1.54) is 0 Å². The van der Waals surface area contributed by atoms with E-state index in [4.69, 9.17) is 10.5 Å². The maximum absolute atomic E-state index is 12.0. The molecule has 4 N–H and O–H groups in total. The molecule has 1 saturated heterocycles. The van der Waals surface area contributed by atoms with E-state index in [1.807, 2.05) is 30.3 Å². The first kappa shape index (κ1) is 14.5. The predicted octanol–water partition coefficient (Wildman–Crippen LogP) is 0.436. The monoisotopic (exact) mass is 278 g/mol. The van der Waals surface area contributed by atoms with Crippen molar-refractivity contribution in [2.45, 2.75) is 24.4 Å². The van der Waals surface area contributed by atoms with E-state index in [-0.39, 0.29) is 25.4 Å². The molecular formula is C14H18N2O4. The molecule has 1 fully saturated rings. The van der Waals surface area contributed by atoms with Crippen molar-refractivity contribution < 1.29 is 19.4 Å². The number of hydrogen-bond acceptors (Lipinski definition) is 4. The molecule has 1 amide bonds. The van der Waals surface area contributed by atoms with Crippen molar-refractivity contribution in [3.05, 3.63) is 35.9 Å². The first-order valence-electron chi connectivity index (χ1n) is 6.46. The fraction of sp³-hybridized carbons (Fsp3) is 0.429. The van der Waals surface area contributed by atoms with E-state index in [9.17, 15) is 14.7 Å². The molecule has 1 aromatic carbocycles. The number of ether oxygens (including phenoxy) is 1. The molecule has 0 saturated carbocycles. The van der Waals surface area contributed by atoms with Crippen LogP contribution in [0.1, 0.15) is 24.4 Å². The van der Waals surface area contributed by atoms with Crippen LogP contribution in [-0.4, -0.2) is 35.7 Å². The van der Waals surface area contributed by atoms with Crippen LogP contribution in [0.5, 0.6) is 0 Å². The smallest absolute Gasteiger partial charge is 0.331 e. The maximum Gasteiger partial charge on any atom is 0.331 e. The zero-order valence-corrected chi connectivity index (χ0v) is 11.0. The molecule has 0 bridgehead atoms. The van der Waals surface area contributed by atoms with Crippen LogP contribution in [0.2, 0.25) is 0 Å². The molecule has 2 rings (SSSR count). The second kappa shape index (κ2) is 6.02. The van der Waals surface area contributed by atoms with Gasteiger partial charge in [0.05, 0.1) is 6.61 Å². The van der Waals surface area contributed by atoms with E-state index >= 15 is 0 Å². The second-order valence-corrected chi connectivity index (χ2v) is 4.96. The van der Waals surface area contributed by atoms with Gasteiger partial charge < -0.3 is 20.9 Å². The summed E-state index contributed by atoms with van der Waals surface area (Å²) < 4.78 is 5.09. The highest BCUT2D eigenvalue weighted by Crippen LogP contribution is 2.20. The lowest BCUT2D eigenvalue weighted by atomic mass is 9.97. The van der Waals surface area contributed by atoms with Crippen LogP contribution in [0.4, 0.5) is 0 Å². The lowest BCUT2D eigenvalue weighted by molar-refractivity contribution is -0.147. The SMILES string of the molecule is NC(CC(=O)NC1(C(=O)O)CCOC1)c1ccccc1. The van der Waals surface area contributed by atoms with Gasteiger partial charge in [0.2, 0.25) is 5.91 Å². The number of carbonyl (C=O) groups is 2. The molecule has 0 aromatic heterocycles. The Bertz CT molecular complexity index is 483. The minimum Gasteiger partial charge on any atom is -0.479 e. The van der Waals surface area contributed by atoms with Crippen molar-refractivity contribution in [2.75, 3.05) is 13.2 Å². The van der Waals surface area contributed by atoms with Crippen LogP contribution >= 0.6 is 0 Å². The van der Waals surface area contributed by atoms with Crippen molar-refractivity contribution >= 4 is 11.9 Å². The molecule has 2 unspecified atom stereocenters. The van der Waals surface area contributed by atoms with E-state index in [0.717, 1.165) is 5.56 Å². The Balaban J connectivity index is 1.97. The Morgan fingerprint density at radius 3 is 2.65 bits per heavy atom. The van der Waals surface area contributed by atoms with E-state index in [1.54, 1.807) is 0 Å². The zero-order chi connectivity index (χ0) is 14.6. The molecule has 6 heteroatoms. The van der Waals surface area contributed by atoms with Gasteiger partial charge in [-0.2, -0.15) is 0 Å². The van der Waals surface area contributed by atoms with Gasteiger partial charge in [-0.15, -0.1) is 0 Å². The summed E-state index contributed by atoms with van der Waals surface area (Å²) in [7, 11) is 0. The Morgan fingerprint density at radius 1 is 1.40 bits per heavy atom. The average molecular weight is 278 g/mol. The first-order valence-corrected chi connectivity index (χ1v) is 6.46. The van der Waals surface area contributed by atoms with E-state index < -0.39 is 17.6 Å². The molecule has 1 aromatic rings. The van der Waals surface area contributed by atoms with Gasteiger partial charge in [0.1, 0.15) is 0 Å². The summed E-state index contributed by atoms with van der Waals surface area (Å²) in [4.78, 5) is 23.3. The fourth-order valence-electron chi connectivity index (χ4n) is 2.22. The largest absolute Gasteiger partial charge is 0.479 e. The summed E-state index contributed by atoms with van der Waals surface area (Å²) >= 11 is 0. The van der Waals surface area contributed by atoms with Gasteiger partial charge in [0.25, 0.3) is 0 Å². The normalized spacial score (nSPS) is 23.2. The molecule has 1 heterocycles. The van der Waals surface area contributed by atoms with Gasteiger partial charge in [-0.25, -0.2) is 4.79 Å². The van der Waals surface area contributed by atoms with Crippen molar-refractivity contribution in [3.8, 4) is 0 Å². The third kappa shape index (κ3) is 3.15. The molecule has 20 heavy (non-hydrogen) atoms.